The number of aromatic nitrogens is 4. The molecule has 21 heavy (non-hydrogen) atoms. The molecule has 0 atom stereocenters. The van der Waals surface area contributed by atoms with Crippen LogP contribution in [0.2, 0.25) is 0 Å². The Balaban J connectivity index is 1.68. The van der Waals surface area contributed by atoms with Gasteiger partial charge in [0.1, 0.15) is 11.9 Å². The highest BCUT2D eigenvalue weighted by atomic mass is 32.1. The molecule has 0 saturated carbocycles. The van der Waals surface area contributed by atoms with Gasteiger partial charge in [0, 0.05) is 13.0 Å². The van der Waals surface area contributed by atoms with E-state index in [2.05, 4.69) is 15.2 Å². The molecule has 3 aromatic rings. The van der Waals surface area contributed by atoms with Crippen LogP contribution in [0.1, 0.15) is 11.6 Å². The zero-order valence-electron chi connectivity index (χ0n) is 11.1. The van der Waals surface area contributed by atoms with Crippen LogP contribution in [0.4, 0.5) is 5.69 Å². The summed E-state index contributed by atoms with van der Waals surface area (Å²) in [4.78, 5) is 15.5. The lowest BCUT2D eigenvalue weighted by Crippen LogP contribution is -2.02. The van der Waals surface area contributed by atoms with E-state index in [-0.39, 0.29) is 5.69 Å². The van der Waals surface area contributed by atoms with Crippen LogP contribution in [-0.2, 0) is 13.0 Å². The lowest BCUT2D eigenvalue weighted by Gasteiger charge is -1.95. The molecule has 3 aromatic heterocycles. The molecule has 0 aliphatic rings. The molecule has 0 bridgehead atoms. The first-order chi connectivity index (χ1) is 10.1. The van der Waals surface area contributed by atoms with Gasteiger partial charge < -0.3 is 4.52 Å². The highest BCUT2D eigenvalue weighted by Gasteiger charge is 2.16. The van der Waals surface area contributed by atoms with E-state index in [1.54, 1.807) is 6.92 Å². The monoisotopic (exact) mass is 305 g/mol. The largest absolute Gasteiger partial charge is 0.339 e. The molecule has 8 nitrogen and oxygen atoms in total. The van der Waals surface area contributed by atoms with E-state index in [0.717, 1.165) is 4.88 Å². The molecule has 108 valence electrons. The molecule has 0 aliphatic heterocycles. The molecular weight excluding hydrogens is 294 g/mol. The maximum atomic E-state index is 10.8. The van der Waals surface area contributed by atoms with Crippen molar-refractivity contribution in [3.8, 4) is 10.7 Å². The highest BCUT2D eigenvalue weighted by molar-refractivity contribution is 7.13. The van der Waals surface area contributed by atoms with Crippen LogP contribution >= 0.6 is 11.3 Å². The summed E-state index contributed by atoms with van der Waals surface area (Å²) in [6, 6.07) is 3.83. The summed E-state index contributed by atoms with van der Waals surface area (Å²) in [7, 11) is 0. The second-order valence-corrected chi connectivity index (χ2v) is 5.31. The molecule has 0 aromatic carbocycles. The Hall–Kier alpha value is -2.55. The van der Waals surface area contributed by atoms with Crippen LogP contribution in [-0.4, -0.2) is 24.8 Å². The Kier molecular flexibility index (Phi) is 3.48. The van der Waals surface area contributed by atoms with Gasteiger partial charge in [0.05, 0.1) is 9.80 Å². The molecule has 3 heterocycles. The van der Waals surface area contributed by atoms with Gasteiger partial charge in [0.25, 0.3) is 0 Å². The Morgan fingerprint density at radius 3 is 3.05 bits per heavy atom. The van der Waals surface area contributed by atoms with Crippen LogP contribution in [0.25, 0.3) is 10.7 Å². The third-order valence-electron chi connectivity index (χ3n) is 2.88. The second-order valence-electron chi connectivity index (χ2n) is 4.36. The van der Waals surface area contributed by atoms with Crippen LogP contribution in [0.15, 0.2) is 28.2 Å². The lowest BCUT2D eigenvalue weighted by molar-refractivity contribution is -0.385. The first-order valence-corrected chi connectivity index (χ1v) is 7.06. The number of thiophene rings is 1. The summed E-state index contributed by atoms with van der Waals surface area (Å²) in [6.45, 7) is 2.05. The maximum Gasteiger partial charge on any atom is 0.309 e. The first-order valence-electron chi connectivity index (χ1n) is 6.18. The van der Waals surface area contributed by atoms with Gasteiger partial charge in [0.15, 0.2) is 0 Å². The topological polar surface area (TPSA) is 99.9 Å². The van der Waals surface area contributed by atoms with Crippen molar-refractivity contribution < 1.29 is 9.45 Å². The number of nitro groups is 1. The highest BCUT2D eigenvalue weighted by Crippen LogP contribution is 2.21. The van der Waals surface area contributed by atoms with E-state index in [1.165, 1.54) is 22.2 Å². The van der Waals surface area contributed by atoms with Crippen LogP contribution < -0.4 is 0 Å². The second kappa shape index (κ2) is 5.44. The number of hydrogen-bond acceptors (Lipinski definition) is 7. The fourth-order valence-corrected chi connectivity index (χ4v) is 2.52. The minimum absolute atomic E-state index is 0.0137. The molecular formula is C12H11N5O3S. The number of rotatable bonds is 5. The molecule has 0 N–H and O–H groups in total. The van der Waals surface area contributed by atoms with E-state index in [0.29, 0.717) is 30.4 Å². The molecule has 9 heteroatoms. The summed E-state index contributed by atoms with van der Waals surface area (Å²) >= 11 is 1.53. The Bertz CT molecular complexity index is 762. The predicted octanol–water partition coefficient (Wildman–Crippen LogP) is 2.45. The van der Waals surface area contributed by atoms with Gasteiger partial charge in [-0.15, -0.1) is 11.3 Å². The number of aryl methyl sites for hydroxylation is 3. The van der Waals surface area contributed by atoms with Crippen LogP contribution in [0.3, 0.4) is 0 Å². The van der Waals surface area contributed by atoms with Gasteiger partial charge in [0.2, 0.25) is 11.7 Å². The van der Waals surface area contributed by atoms with Crippen LogP contribution in [0, 0.1) is 17.0 Å². The summed E-state index contributed by atoms with van der Waals surface area (Å²) in [5.74, 6) is 1.04. The predicted molar refractivity (Wildman–Crippen MR) is 74.9 cm³/mol. The van der Waals surface area contributed by atoms with Crippen molar-refractivity contribution in [3.05, 3.63) is 45.4 Å². The molecule has 3 rings (SSSR count). The molecule has 0 saturated heterocycles. The minimum Gasteiger partial charge on any atom is -0.339 e. The van der Waals surface area contributed by atoms with Gasteiger partial charge in [-0.1, -0.05) is 11.2 Å². The Labute approximate surface area is 123 Å². The average Bonchev–Trinajstić information content (AvgIpc) is 3.16. The Morgan fingerprint density at radius 1 is 1.52 bits per heavy atom. The first kappa shape index (κ1) is 13.4. The van der Waals surface area contributed by atoms with Crippen molar-refractivity contribution in [3.63, 3.8) is 0 Å². The smallest absolute Gasteiger partial charge is 0.309 e. The molecule has 0 spiro atoms. The van der Waals surface area contributed by atoms with Crippen molar-refractivity contribution in [2.24, 2.45) is 0 Å². The van der Waals surface area contributed by atoms with E-state index in [1.807, 2.05) is 17.5 Å². The van der Waals surface area contributed by atoms with Gasteiger partial charge in [-0.3, -0.25) is 14.8 Å². The summed E-state index contributed by atoms with van der Waals surface area (Å²) in [5, 5.41) is 20.7. The van der Waals surface area contributed by atoms with E-state index >= 15 is 0 Å². The Morgan fingerprint density at radius 2 is 2.38 bits per heavy atom. The summed E-state index contributed by atoms with van der Waals surface area (Å²) < 4.78 is 6.68. The fraction of sp³-hybridized carbons (Fsp3) is 0.250. The molecule has 0 amide bonds. The molecule has 0 unspecified atom stereocenters. The van der Waals surface area contributed by atoms with Crippen molar-refractivity contribution in [2.75, 3.05) is 0 Å². The normalized spacial score (nSPS) is 10.9. The third-order valence-corrected chi connectivity index (χ3v) is 3.75. The minimum atomic E-state index is -0.444. The average molecular weight is 305 g/mol. The summed E-state index contributed by atoms with van der Waals surface area (Å²) in [6.07, 6.45) is 1.88. The zero-order chi connectivity index (χ0) is 14.8. The molecule has 0 fully saturated rings. The van der Waals surface area contributed by atoms with Crippen molar-refractivity contribution >= 4 is 17.0 Å². The fourth-order valence-electron chi connectivity index (χ4n) is 1.87. The summed E-state index contributed by atoms with van der Waals surface area (Å²) in [5.41, 5.74) is 0.407. The quantitative estimate of drug-likeness (QED) is 0.530. The van der Waals surface area contributed by atoms with Gasteiger partial charge >= 0.3 is 5.69 Å². The van der Waals surface area contributed by atoms with Crippen molar-refractivity contribution in [1.82, 2.24) is 19.9 Å². The van der Waals surface area contributed by atoms with Gasteiger partial charge in [-0.2, -0.15) is 10.1 Å². The molecule has 0 radical (unpaired) electrons. The lowest BCUT2D eigenvalue weighted by atomic mass is 10.4. The number of nitrogens with zero attached hydrogens (tertiary/aromatic N) is 5. The third kappa shape index (κ3) is 2.82. The standard InChI is InChI=1S/C12H11N5O3S/c1-8-9(17(18)19)7-16(14-8)5-4-11-13-12(15-20-11)10-3-2-6-21-10/h2-3,6-7H,4-5H2,1H3. The van der Waals surface area contributed by atoms with Gasteiger partial charge in [-0.25, -0.2) is 0 Å². The maximum absolute atomic E-state index is 10.8. The van der Waals surface area contributed by atoms with E-state index < -0.39 is 4.92 Å². The van der Waals surface area contributed by atoms with Gasteiger partial charge in [-0.05, 0) is 18.4 Å². The van der Waals surface area contributed by atoms with Crippen LogP contribution in [0.5, 0.6) is 0 Å². The van der Waals surface area contributed by atoms with Crippen molar-refractivity contribution in [2.45, 2.75) is 19.9 Å². The zero-order valence-corrected chi connectivity index (χ0v) is 11.9. The van der Waals surface area contributed by atoms with E-state index in [9.17, 15) is 10.1 Å². The molecule has 0 aliphatic carbocycles. The van der Waals surface area contributed by atoms with E-state index in [4.69, 9.17) is 4.52 Å². The SMILES string of the molecule is Cc1nn(CCc2nc(-c3cccs3)no2)cc1[N+](=O)[O-]. The van der Waals surface area contributed by atoms with Crippen molar-refractivity contribution in [1.29, 1.82) is 0 Å². The number of hydrogen-bond donors (Lipinski definition) is 0.